The van der Waals surface area contributed by atoms with Gasteiger partial charge in [0.05, 0.1) is 5.54 Å². The van der Waals surface area contributed by atoms with E-state index in [-0.39, 0.29) is 11.0 Å². The predicted octanol–water partition coefficient (Wildman–Crippen LogP) is 3.96. The number of anilines is 1. The standard InChI is InChI=1S/C16H24ClN3/c1-15(2)10-13(20-16(3,4)8-9-18)19-12-7-5-6-11(17)14(12)15/h5-7H,8-10,18H2,1-4H3,(H,19,20). The molecule has 3 N–H and O–H groups in total. The van der Waals surface area contributed by atoms with E-state index in [0.717, 1.165) is 29.4 Å². The van der Waals surface area contributed by atoms with E-state index in [1.165, 1.54) is 5.56 Å². The number of rotatable bonds is 3. The average Bonchev–Trinajstić information content (AvgIpc) is 2.25. The first-order chi connectivity index (χ1) is 9.25. The molecule has 0 aromatic heterocycles. The van der Waals surface area contributed by atoms with Crippen LogP contribution in [-0.2, 0) is 5.41 Å². The Bertz CT molecular complexity index is 533. The second-order valence-corrected chi connectivity index (χ2v) is 7.16. The fraction of sp³-hybridized carbons (Fsp3) is 0.562. The molecule has 20 heavy (non-hydrogen) atoms. The van der Waals surface area contributed by atoms with Crippen molar-refractivity contribution in [3.8, 4) is 0 Å². The molecule has 0 unspecified atom stereocenters. The van der Waals surface area contributed by atoms with Crippen molar-refractivity contribution in [3.63, 3.8) is 0 Å². The molecule has 3 nitrogen and oxygen atoms in total. The third kappa shape index (κ3) is 3.15. The molecular formula is C16H24ClN3. The number of nitrogens with zero attached hydrogens (tertiary/aromatic N) is 1. The molecule has 0 amide bonds. The average molecular weight is 294 g/mol. The molecule has 0 fully saturated rings. The van der Waals surface area contributed by atoms with Crippen molar-refractivity contribution in [1.82, 2.24) is 0 Å². The Hall–Kier alpha value is -1.06. The fourth-order valence-corrected chi connectivity index (χ4v) is 3.30. The number of hydrogen-bond donors (Lipinski definition) is 2. The second-order valence-electron chi connectivity index (χ2n) is 6.76. The van der Waals surface area contributed by atoms with Gasteiger partial charge in [0.25, 0.3) is 0 Å². The van der Waals surface area contributed by atoms with E-state index in [2.05, 4.69) is 39.1 Å². The van der Waals surface area contributed by atoms with E-state index in [1.807, 2.05) is 12.1 Å². The molecule has 4 heteroatoms. The van der Waals surface area contributed by atoms with Crippen LogP contribution in [0.5, 0.6) is 0 Å². The Morgan fingerprint density at radius 2 is 2.10 bits per heavy atom. The van der Waals surface area contributed by atoms with E-state index in [0.29, 0.717) is 6.54 Å². The first-order valence-corrected chi connectivity index (χ1v) is 7.48. The first-order valence-electron chi connectivity index (χ1n) is 7.10. The molecule has 1 heterocycles. The van der Waals surface area contributed by atoms with Crippen LogP contribution in [0.4, 0.5) is 5.69 Å². The minimum absolute atomic E-state index is 0.0173. The van der Waals surface area contributed by atoms with E-state index in [4.69, 9.17) is 22.3 Å². The van der Waals surface area contributed by atoms with Gasteiger partial charge in [-0.15, -0.1) is 0 Å². The summed E-state index contributed by atoms with van der Waals surface area (Å²) in [7, 11) is 0. The summed E-state index contributed by atoms with van der Waals surface area (Å²) < 4.78 is 0. The van der Waals surface area contributed by atoms with Crippen molar-refractivity contribution in [2.45, 2.75) is 51.5 Å². The molecular weight excluding hydrogens is 270 g/mol. The van der Waals surface area contributed by atoms with E-state index in [9.17, 15) is 0 Å². The Kier molecular flexibility index (Phi) is 4.12. The zero-order valence-corrected chi connectivity index (χ0v) is 13.5. The molecule has 0 atom stereocenters. The van der Waals surface area contributed by atoms with Crippen LogP contribution >= 0.6 is 11.6 Å². The van der Waals surface area contributed by atoms with Crippen LogP contribution in [0.1, 0.15) is 46.1 Å². The molecule has 1 aromatic rings. The van der Waals surface area contributed by atoms with E-state index >= 15 is 0 Å². The van der Waals surface area contributed by atoms with Gasteiger partial charge in [-0.3, -0.25) is 4.99 Å². The number of benzene rings is 1. The van der Waals surface area contributed by atoms with Gasteiger partial charge in [-0.1, -0.05) is 31.5 Å². The second kappa shape index (κ2) is 5.38. The predicted molar refractivity (Wildman–Crippen MR) is 87.9 cm³/mol. The van der Waals surface area contributed by atoms with Crippen LogP contribution in [0, 0.1) is 0 Å². The van der Waals surface area contributed by atoms with Crippen molar-refractivity contribution in [3.05, 3.63) is 28.8 Å². The summed E-state index contributed by atoms with van der Waals surface area (Å²) in [6.07, 6.45) is 1.73. The molecule has 110 valence electrons. The van der Waals surface area contributed by atoms with Crippen molar-refractivity contribution in [1.29, 1.82) is 0 Å². The van der Waals surface area contributed by atoms with E-state index < -0.39 is 0 Å². The fourth-order valence-electron chi connectivity index (χ4n) is 2.86. The lowest BCUT2D eigenvalue weighted by Gasteiger charge is -2.36. The van der Waals surface area contributed by atoms with Gasteiger partial charge < -0.3 is 11.1 Å². The SMILES string of the molecule is CC(C)(CCN)N=C1CC(C)(C)c2c(Cl)cccc2N1. The van der Waals surface area contributed by atoms with Gasteiger partial charge in [-0.05, 0) is 38.9 Å². The Morgan fingerprint density at radius 3 is 2.75 bits per heavy atom. The minimum Gasteiger partial charge on any atom is -0.344 e. The van der Waals surface area contributed by atoms with Gasteiger partial charge in [0.2, 0.25) is 0 Å². The highest BCUT2D eigenvalue weighted by molar-refractivity contribution is 6.32. The third-order valence-corrected chi connectivity index (χ3v) is 4.09. The van der Waals surface area contributed by atoms with Gasteiger partial charge in [0.1, 0.15) is 5.84 Å². The van der Waals surface area contributed by atoms with Gasteiger partial charge in [0.15, 0.2) is 0 Å². The van der Waals surface area contributed by atoms with Crippen LogP contribution in [0.25, 0.3) is 0 Å². The lowest BCUT2D eigenvalue weighted by atomic mass is 9.77. The number of aliphatic imine (C=N–C) groups is 1. The maximum atomic E-state index is 6.36. The largest absolute Gasteiger partial charge is 0.344 e. The zero-order chi connectivity index (χ0) is 15.0. The summed E-state index contributed by atoms with van der Waals surface area (Å²) >= 11 is 6.36. The summed E-state index contributed by atoms with van der Waals surface area (Å²) in [5, 5.41) is 4.25. The minimum atomic E-state index is -0.136. The summed E-state index contributed by atoms with van der Waals surface area (Å²) in [6, 6.07) is 5.98. The zero-order valence-electron chi connectivity index (χ0n) is 12.8. The van der Waals surface area contributed by atoms with Crippen LogP contribution < -0.4 is 11.1 Å². The summed E-state index contributed by atoms with van der Waals surface area (Å²) in [5.74, 6) is 1.02. The van der Waals surface area contributed by atoms with Crippen molar-refractivity contribution in [2.75, 3.05) is 11.9 Å². The molecule has 1 aliphatic rings. The molecule has 0 saturated heterocycles. The molecule has 0 saturated carbocycles. The van der Waals surface area contributed by atoms with Gasteiger partial charge in [-0.25, -0.2) is 0 Å². The van der Waals surface area contributed by atoms with Crippen LogP contribution in [0.3, 0.4) is 0 Å². The smallest absolute Gasteiger partial charge is 0.102 e. The number of halogens is 1. The number of amidine groups is 1. The molecule has 1 aliphatic heterocycles. The number of nitrogens with two attached hydrogens (primary N) is 1. The van der Waals surface area contributed by atoms with Crippen LogP contribution in [0.2, 0.25) is 5.02 Å². The monoisotopic (exact) mass is 293 g/mol. The van der Waals surface area contributed by atoms with Crippen LogP contribution in [-0.4, -0.2) is 17.9 Å². The first kappa shape index (κ1) is 15.3. The lowest BCUT2D eigenvalue weighted by molar-refractivity contribution is 0.478. The van der Waals surface area contributed by atoms with Crippen molar-refractivity contribution >= 4 is 23.1 Å². The highest BCUT2D eigenvalue weighted by Crippen LogP contribution is 2.41. The number of nitrogens with one attached hydrogen (secondary N) is 1. The quantitative estimate of drug-likeness (QED) is 0.886. The Morgan fingerprint density at radius 1 is 1.40 bits per heavy atom. The Labute approximate surface area is 126 Å². The maximum Gasteiger partial charge on any atom is 0.102 e. The lowest BCUT2D eigenvalue weighted by Crippen LogP contribution is -2.35. The summed E-state index contributed by atoms with van der Waals surface area (Å²) in [5.41, 5.74) is 7.75. The van der Waals surface area contributed by atoms with Gasteiger partial charge in [0, 0.05) is 28.1 Å². The summed E-state index contributed by atoms with van der Waals surface area (Å²) in [4.78, 5) is 4.86. The summed E-state index contributed by atoms with van der Waals surface area (Å²) in [6.45, 7) is 9.31. The maximum absolute atomic E-state index is 6.36. The van der Waals surface area contributed by atoms with Crippen LogP contribution in [0.15, 0.2) is 23.2 Å². The molecule has 0 aliphatic carbocycles. The molecule has 0 radical (unpaired) electrons. The molecule has 0 spiro atoms. The number of fused-ring (bicyclic) bond motifs is 1. The molecule has 1 aromatic carbocycles. The van der Waals surface area contributed by atoms with Gasteiger partial charge >= 0.3 is 0 Å². The normalized spacial score (nSPS) is 19.6. The van der Waals surface area contributed by atoms with Crippen molar-refractivity contribution in [2.24, 2.45) is 10.7 Å². The Balaban J connectivity index is 2.39. The topological polar surface area (TPSA) is 50.4 Å². The van der Waals surface area contributed by atoms with E-state index in [1.54, 1.807) is 0 Å². The van der Waals surface area contributed by atoms with Crippen molar-refractivity contribution < 1.29 is 0 Å². The number of hydrogen-bond acceptors (Lipinski definition) is 2. The highest BCUT2D eigenvalue weighted by atomic mass is 35.5. The highest BCUT2D eigenvalue weighted by Gasteiger charge is 2.33. The molecule has 0 bridgehead atoms. The third-order valence-electron chi connectivity index (χ3n) is 3.77. The molecule has 2 rings (SSSR count). The van der Waals surface area contributed by atoms with Gasteiger partial charge in [-0.2, -0.15) is 0 Å².